The standard InChI is InChI=1S/C12H19N3O3S2.ClH/c1-9(16)14-8-11-4-5-12(19-11)20(17,18)15-6-2-3-10(15)7-13;/h4-5,10H,2-3,6-8,13H2,1H3,(H,14,16);1H. The molecule has 1 unspecified atom stereocenters. The van der Waals surface area contributed by atoms with E-state index in [-0.39, 0.29) is 24.4 Å². The molecule has 2 rings (SSSR count). The molecule has 1 amide bonds. The van der Waals surface area contributed by atoms with Crippen LogP contribution in [-0.4, -0.2) is 37.8 Å². The van der Waals surface area contributed by atoms with E-state index >= 15 is 0 Å². The summed E-state index contributed by atoms with van der Waals surface area (Å²) in [6.07, 6.45) is 1.67. The molecule has 1 aliphatic heterocycles. The second-order valence-corrected chi connectivity index (χ2v) is 8.06. The van der Waals surface area contributed by atoms with Gasteiger partial charge in [-0.2, -0.15) is 4.31 Å². The summed E-state index contributed by atoms with van der Waals surface area (Å²) in [4.78, 5) is 11.7. The van der Waals surface area contributed by atoms with Crippen molar-refractivity contribution in [2.75, 3.05) is 13.1 Å². The lowest BCUT2D eigenvalue weighted by atomic mass is 10.2. The van der Waals surface area contributed by atoms with Gasteiger partial charge in [0.15, 0.2) is 0 Å². The van der Waals surface area contributed by atoms with Crippen LogP contribution in [0.5, 0.6) is 0 Å². The van der Waals surface area contributed by atoms with Crippen molar-refractivity contribution in [2.24, 2.45) is 5.73 Å². The van der Waals surface area contributed by atoms with Crippen molar-refractivity contribution >= 4 is 39.7 Å². The topological polar surface area (TPSA) is 92.5 Å². The molecular formula is C12H20ClN3O3S2. The van der Waals surface area contributed by atoms with E-state index in [4.69, 9.17) is 5.73 Å². The van der Waals surface area contributed by atoms with Crippen molar-refractivity contribution in [1.29, 1.82) is 0 Å². The lowest BCUT2D eigenvalue weighted by molar-refractivity contribution is -0.119. The van der Waals surface area contributed by atoms with Gasteiger partial charge in [0, 0.05) is 30.9 Å². The van der Waals surface area contributed by atoms with E-state index in [1.165, 1.54) is 22.6 Å². The van der Waals surface area contributed by atoms with Crippen LogP contribution in [0.15, 0.2) is 16.3 Å². The lowest BCUT2D eigenvalue weighted by Gasteiger charge is -2.21. The minimum Gasteiger partial charge on any atom is -0.351 e. The highest BCUT2D eigenvalue weighted by Gasteiger charge is 2.35. The van der Waals surface area contributed by atoms with Crippen LogP contribution in [0.25, 0.3) is 0 Å². The Balaban J connectivity index is 0.00000220. The first-order chi connectivity index (χ1) is 9.45. The molecule has 2 heterocycles. The van der Waals surface area contributed by atoms with Gasteiger partial charge in [0.2, 0.25) is 5.91 Å². The highest BCUT2D eigenvalue weighted by Crippen LogP contribution is 2.29. The summed E-state index contributed by atoms with van der Waals surface area (Å²) in [7, 11) is -3.46. The third kappa shape index (κ3) is 4.17. The minimum absolute atomic E-state index is 0. The monoisotopic (exact) mass is 353 g/mol. The maximum Gasteiger partial charge on any atom is 0.252 e. The van der Waals surface area contributed by atoms with Crippen LogP contribution < -0.4 is 11.1 Å². The average Bonchev–Trinajstić information content (AvgIpc) is 3.05. The summed E-state index contributed by atoms with van der Waals surface area (Å²) in [6, 6.07) is 3.24. The molecule has 21 heavy (non-hydrogen) atoms. The number of halogens is 1. The molecule has 1 atom stereocenters. The summed E-state index contributed by atoms with van der Waals surface area (Å²) < 4.78 is 26.9. The van der Waals surface area contributed by atoms with Gasteiger partial charge in [0.25, 0.3) is 10.0 Å². The van der Waals surface area contributed by atoms with Gasteiger partial charge < -0.3 is 11.1 Å². The number of carbonyl (C=O) groups excluding carboxylic acids is 1. The third-order valence-corrected chi connectivity index (χ3v) is 6.81. The molecule has 0 bridgehead atoms. The maximum absolute atomic E-state index is 12.5. The molecule has 0 saturated carbocycles. The number of nitrogens with zero attached hydrogens (tertiary/aromatic N) is 1. The Bertz CT molecular complexity index is 588. The van der Waals surface area contributed by atoms with Crippen molar-refractivity contribution in [2.45, 2.75) is 36.6 Å². The molecule has 120 valence electrons. The number of nitrogens with one attached hydrogen (secondary N) is 1. The second-order valence-electron chi connectivity index (χ2n) is 4.78. The van der Waals surface area contributed by atoms with Crippen molar-refractivity contribution in [3.05, 3.63) is 17.0 Å². The first kappa shape index (κ1) is 18.4. The molecule has 1 aromatic rings. The average molecular weight is 354 g/mol. The minimum atomic E-state index is -3.46. The summed E-state index contributed by atoms with van der Waals surface area (Å²) in [5.74, 6) is -0.134. The van der Waals surface area contributed by atoms with Gasteiger partial charge in [0.1, 0.15) is 4.21 Å². The van der Waals surface area contributed by atoms with Gasteiger partial charge in [-0.15, -0.1) is 23.7 Å². The molecule has 1 fully saturated rings. The molecule has 0 radical (unpaired) electrons. The Hall–Kier alpha value is -0.670. The van der Waals surface area contributed by atoms with Gasteiger partial charge in [0.05, 0.1) is 6.54 Å². The van der Waals surface area contributed by atoms with Crippen molar-refractivity contribution < 1.29 is 13.2 Å². The predicted octanol–water partition coefficient (Wildman–Crippen LogP) is 0.918. The Morgan fingerprint density at radius 3 is 2.86 bits per heavy atom. The van der Waals surface area contributed by atoms with Crippen LogP contribution in [0.3, 0.4) is 0 Å². The molecule has 1 saturated heterocycles. The highest BCUT2D eigenvalue weighted by molar-refractivity contribution is 7.91. The van der Waals surface area contributed by atoms with Crippen LogP contribution in [-0.2, 0) is 21.4 Å². The van der Waals surface area contributed by atoms with Gasteiger partial charge in [-0.25, -0.2) is 8.42 Å². The zero-order valence-electron chi connectivity index (χ0n) is 11.7. The number of hydrogen-bond acceptors (Lipinski definition) is 5. The maximum atomic E-state index is 12.5. The number of nitrogens with two attached hydrogens (primary N) is 1. The zero-order valence-corrected chi connectivity index (χ0v) is 14.2. The van der Waals surface area contributed by atoms with Gasteiger partial charge in [-0.3, -0.25) is 4.79 Å². The van der Waals surface area contributed by atoms with E-state index in [0.29, 0.717) is 23.8 Å². The van der Waals surface area contributed by atoms with Crippen LogP contribution in [0.2, 0.25) is 0 Å². The van der Waals surface area contributed by atoms with Crippen LogP contribution in [0, 0.1) is 0 Å². The Morgan fingerprint density at radius 1 is 1.52 bits per heavy atom. The molecule has 0 aliphatic carbocycles. The number of thiophene rings is 1. The summed E-state index contributed by atoms with van der Waals surface area (Å²) >= 11 is 1.20. The molecule has 1 aromatic heterocycles. The van der Waals surface area contributed by atoms with E-state index in [9.17, 15) is 13.2 Å². The quantitative estimate of drug-likeness (QED) is 0.823. The number of rotatable bonds is 5. The Morgan fingerprint density at radius 2 is 2.24 bits per heavy atom. The molecule has 3 N–H and O–H groups in total. The third-order valence-electron chi connectivity index (χ3n) is 3.31. The Kier molecular flexibility index (Phi) is 6.61. The van der Waals surface area contributed by atoms with Crippen LogP contribution >= 0.6 is 23.7 Å². The summed E-state index contributed by atoms with van der Waals surface area (Å²) in [6.45, 7) is 2.67. The van der Waals surface area contributed by atoms with E-state index in [2.05, 4.69) is 5.32 Å². The first-order valence-electron chi connectivity index (χ1n) is 6.50. The first-order valence-corrected chi connectivity index (χ1v) is 8.76. The van der Waals surface area contributed by atoms with Gasteiger partial charge >= 0.3 is 0 Å². The molecule has 0 aromatic carbocycles. The molecule has 9 heteroatoms. The molecule has 1 aliphatic rings. The number of amides is 1. The SMILES string of the molecule is CC(=O)NCc1ccc(S(=O)(=O)N2CCCC2CN)s1.Cl. The fourth-order valence-corrected chi connectivity index (χ4v) is 5.41. The largest absolute Gasteiger partial charge is 0.351 e. The van der Waals surface area contributed by atoms with E-state index < -0.39 is 10.0 Å². The Labute approximate surface area is 135 Å². The van der Waals surface area contributed by atoms with Crippen molar-refractivity contribution in [3.8, 4) is 0 Å². The number of carbonyl (C=O) groups is 1. The van der Waals surface area contributed by atoms with Crippen LogP contribution in [0.4, 0.5) is 0 Å². The number of hydrogen-bond donors (Lipinski definition) is 2. The van der Waals surface area contributed by atoms with Crippen molar-refractivity contribution in [3.63, 3.8) is 0 Å². The van der Waals surface area contributed by atoms with Crippen LogP contribution in [0.1, 0.15) is 24.6 Å². The number of sulfonamides is 1. The van der Waals surface area contributed by atoms with E-state index in [1.54, 1.807) is 12.1 Å². The molecule has 0 spiro atoms. The van der Waals surface area contributed by atoms with E-state index in [0.717, 1.165) is 17.7 Å². The van der Waals surface area contributed by atoms with Crippen molar-refractivity contribution in [1.82, 2.24) is 9.62 Å². The summed E-state index contributed by atoms with van der Waals surface area (Å²) in [5.41, 5.74) is 5.63. The fourth-order valence-electron chi connectivity index (χ4n) is 2.28. The second kappa shape index (κ2) is 7.55. The fraction of sp³-hybridized carbons (Fsp3) is 0.583. The lowest BCUT2D eigenvalue weighted by Crippen LogP contribution is -2.39. The zero-order chi connectivity index (χ0) is 14.8. The van der Waals surface area contributed by atoms with Gasteiger partial charge in [-0.1, -0.05) is 0 Å². The predicted molar refractivity (Wildman–Crippen MR) is 85.1 cm³/mol. The van der Waals surface area contributed by atoms with E-state index in [1.807, 2.05) is 0 Å². The molecular weight excluding hydrogens is 334 g/mol. The molecule has 6 nitrogen and oxygen atoms in total. The normalized spacial score (nSPS) is 19.2. The summed E-state index contributed by atoms with van der Waals surface area (Å²) in [5, 5.41) is 2.66. The highest BCUT2D eigenvalue weighted by atomic mass is 35.5. The van der Waals surface area contributed by atoms with Gasteiger partial charge in [-0.05, 0) is 25.0 Å². The smallest absolute Gasteiger partial charge is 0.252 e.